The van der Waals surface area contributed by atoms with Crippen molar-refractivity contribution in [1.82, 2.24) is 0 Å². The van der Waals surface area contributed by atoms with E-state index >= 15 is 0 Å². The number of hydrogen-bond donors (Lipinski definition) is 6. The maximum absolute atomic E-state index is 12.7. The molecule has 0 aromatic carbocycles. The fourth-order valence-corrected chi connectivity index (χ4v) is 12.1. The monoisotopic (exact) mass is 798 g/mol. The summed E-state index contributed by atoms with van der Waals surface area (Å²) in [4.78, 5) is 12.7. The van der Waals surface area contributed by atoms with Crippen LogP contribution < -0.4 is 0 Å². The molecule has 0 bridgehead atoms. The van der Waals surface area contributed by atoms with E-state index in [9.17, 15) is 35.4 Å². The lowest BCUT2D eigenvalue weighted by Gasteiger charge is -2.64. The summed E-state index contributed by atoms with van der Waals surface area (Å²) in [5.74, 6) is -1.18. The van der Waals surface area contributed by atoms with Crippen LogP contribution in [0.15, 0.2) is 11.6 Å². The first-order valence-electron chi connectivity index (χ1n) is 20.7. The SMILES string of the molecule is CO[C@H]1C[C@@H](O[C@H]2[C@@H](C)O[C@@H](O[C@H]3CC[C@@]4(C)C(=CC[C@@H]5[C@@H]4[C@H](O)[C@@H](O)[C@]4(C)[C@@H](C(C)=O)CC[C@]54O)C3)C[C@H]2OC)O[C@H](C)[C@H]1O[C@@H]1O[C@H](C)[C@H](O)[C@H](O)[C@@H]1O. The fourth-order valence-electron chi connectivity index (χ4n) is 12.1. The highest BCUT2D eigenvalue weighted by atomic mass is 16.7. The summed E-state index contributed by atoms with van der Waals surface area (Å²) in [7, 11) is 3.18. The molecule has 320 valence electrons. The Morgan fingerprint density at radius 1 is 0.768 bits per heavy atom. The Labute approximate surface area is 329 Å². The topological polar surface area (TPSA) is 212 Å². The molecule has 7 aliphatic rings. The number of carbonyl (C=O) groups excluding carboxylic acids is 1. The molecule has 0 amide bonds. The predicted octanol–water partition coefficient (Wildman–Crippen LogP) is 1.49. The zero-order valence-electron chi connectivity index (χ0n) is 34.1. The fraction of sp³-hybridized carbons (Fsp3) is 0.927. The van der Waals surface area contributed by atoms with Crippen LogP contribution in [0.25, 0.3) is 0 Å². The molecule has 6 fully saturated rings. The van der Waals surface area contributed by atoms with Crippen LogP contribution in [0.4, 0.5) is 0 Å². The Kier molecular flexibility index (Phi) is 12.3. The maximum atomic E-state index is 12.7. The predicted molar refractivity (Wildman–Crippen MR) is 197 cm³/mol. The van der Waals surface area contributed by atoms with E-state index in [0.717, 1.165) is 5.57 Å². The van der Waals surface area contributed by atoms with Crippen molar-refractivity contribution in [2.24, 2.45) is 28.6 Å². The van der Waals surface area contributed by atoms with Crippen molar-refractivity contribution >= 4 is 5.78 Å². The van der Waals surface area contributed by atoms with Crippen molar-refractivity contribution in [3.8, 4) is 0 Å². The lowest BCUT2D eigenvalue weighted by molar-refractivity contribution is -0.351. The number of Topliss-reactive ketones (excluding diaryl/α,β-unsaturated/α-hetero) is 1. The molecule has 0 unspecified atom stereocenters. The Morgan fingerprint density at radius 2 is 1.38 bits per heavy atom. The first-order valence-corrected chi connectivity index (χ1v) is 20.7. The normalized spacial score (nSPS) is 54.8. The van der Waals surface area contributed by atoms with E-state index < -0.39 is 108 Å². The van der Waals surface area contributed by atoms with E-state index in [-0.39, 0.29) is 29.8 Å². The van der Waals surface area contributed by atoms with Crippen LogP contribution in [-0.2, 0) is 42.7 Å². The van der Waals surface area contributed by atoms with Crippen LogP contribution in [0, 0.1) is 28.6 Å². The van der Waals surface area contributed by atoms with Gasteiger partial charge in [-0.05, 0) is 77.6 Å². The van der Waals surface area contributed by atoms with Crippen LogP contribution >= 0.6 is 0 Å². The van der Waals surface area contributed by atoms with Crippen molar-refractivity contribution in [3.63, 3.8) is 0 Å². The molecule has 0 aromatic rings. The molecule has 3 saturated heterocycles. The van der Waals surface area contributed by atoms with Gasteiger partial charge in [-0.25, -0.2) is 0 Å². The highest BCUT2D eigenvalue weighted by Gasteiger charge is 2.73. The van der Waals surface area contributed by atoms with Crippen molar-refractivity contribution in [2.75, 3.05) is 14.2 Å². The highest BCUT2D eigenvalue weighted by molar-refractivity contribution is 5.80. The molecular weight excluding hydrogens is 732 g/mol. The molecule has 4 aliphatic carbocycles. The van der Waals surface area contributed by atoms with Gasteiger partial charge in [-0.15, -0.1) is 0 Å². The molecule has 3 aliphatic heterocycles. The van der Waals surface area contributed by atoms with E-state index in [1.807, 2.05) is 6.92 Å². The van der Waals surface area contributed by atoms with Crippen molar-refractivity contribution in [3.05, 3.63) is 11.6 Å². The summed E-state index contributed by atoms with van der Waals surface area (Å²) in [5, 5.41) is 66.6. The molecule has 56 heavy (non-hydrogen) atoms. The molecule has 22 atom stereocenters. The van der Waals surface area contributed by atoms with Crippen molar-refractivity contribution in [1.29, 1.82) is 0 Å². The van der Waals surface area contributed by atoms with Gasteiger partial charge in [-0.2, -0.15) is 0 Å². The molecule has 15 heteroatoms. The van der Waals surface area contributed by atoms with Gasteiger partial charge in [-0.1, -0.05) is 25.5 Å². The molecule has 0 radical (unpaired) electrons. The minimum absolute atomic E-state index is 0.0547. The van der Waals surface area contributed by atoms with Gasteiger partial charge < -0.3 is 68.5 Å². The summed E-state index contributed by atoms with van der Waals surface area (Å²) in [6.45, 7) is 10.8. The Bertz CT molecular complexity index is 1450. The van der Waals surface area contributed by atoms with E-state index in [0.29, 0.717) is 51.4 Å². The molecular formula is C41H66O15. The zero-order valence-corrected chi connectivity index (χ0v) is 34.1. The third-order valence-corrected chi connectivity index (χ3v) is 15.4. The Morgan fingerprint density at radius 3 is 1.98 bits per heavy atom. The average molecular weight is 799 g/mol. The van der Waals surface area contributed by atoms with Crippen LogP contribution in [0.1, 0.15) is 92.9 Å². The lowest BCUT2D eigenvalue weighted by Crippen LogP contribution is -2.71. The summed E-state index contributed by atoms with van der Waals surface area (Å²) in [5.41, 5.74) is -1.65. The Balaban J connectivity index is 0.963. The molecule has 6 N–H and O–H groups in total. The van der Waals surface area contributed by atoms with Gasteiger partial charge in [0.1, 0.15) is 36.3 Å². The summed E-state index contributed by atoms with van der Waals surface area (Å²) in [6, 6.07) is 0. The van der Waals surface area contributed by atoms with Gasteiger partial charge >= 0.3 is 0 Å². The van der Waals surface area contributed by atoms with E-state index in [1.54, 1.807) is 35.0 Å². The summed E-state index contributed by atoms with van der Waals surface area (Å²) >= 11 is 0. The van der Waals surface area contributed by atoms with E-state index in [1.165, 1.54) is 6.92 Å². The highest BCUT2D eigenvalue weighted by Crippen LogP contribution is 2.68. The molecule has 7 rings (SSSR count). The first kappa shape index (κ1) is 43.0. The van der Waals surface area contributed by atoms with E-state index in [4.69, 9.17) is 37.9 Å². The molecule has 15 nitrogen and oxygen atoms in total. The molecule has 3 saturated carbocycles. The van der Waals surface area contributed by atoms with Gasteiger partial charge in [0.2, 0.25) is 0 Å². The second kappa shape index (κ2) is 16.0. The van der Waals surface area contributed by atoms with Gasteiger partial charge in [0, 0.05) is 44.3 Å². The number of fused-ring (bicyclic) bond motifs is 5. The van der Waals surface area contributed by atoms with Gasteiger partial charge in [0.25, 0.3) is 0 Å². The third kappa shape index (κ3) is 6.96. The number of rotatable bonds is 9. The number of aliphatic hydroxyl groups is 6. The number of ketones is 1. The second-order valence-electron chi connectivity index (χ2n) is 18.3. The maximum Gasteiger partial charge on any atom is 0.187 e. The standard InChI is InChI=1S/C41H66O15/c1-18(42)24-12-14-41(48)25-10-9-22-15-23(11-13-39(22,5)30(25)32(44)37(47)40(24,41)6)54-28-16-26(49-7)35(20(3)51-28)55-29-17-27(50-8)36(21(4)52-29)56-38-34(46)33(45)31(43)19(2)53-38/h9,19-21,23-38,43-48H,10-17H2,1-8H3/t19-,20-,21-,23+,24-,25-,26-,27+,28+,29-,30-,31+,32+,33+,34+,35+,36-,37-,38+,39+,40+,41+/m1/s1. The van der Waals surface area contributed by atoms with Crippen molar-refractivity contribution in [2.45, 2.75) is 197 Å². The number of methoxy groups -OCH3 is 2. The quantitative estimate of drug-likeness (QED) is 0.183. The average Bonchev–Trinajstić information content (AvgIpc) is 3.45. The summed E-state index contributed by atoms with van der Waals surface area (Å²) in [6.07, 6.45) is -6.28. The van der Waals surface area contributed by atoms with Crippen LogP contribution in [0.5, 0.6) is 0 Å². The molecule has 0 spiro atoms. The van der Waals surface area contributed by atoms with Crippen LogP contribution in [-0.4, -0.2) is 154 Å². The van der Waals surface area contributed by atoms with Crippen LogP contribution in [0.3, 0.4) is 0 Å². The van der Waals surface area contributed by atoms with Gasteiger partial charge in [-0.3, -0.25) is 4.79 Å². The first-order chi connectivity index (χ1) is 26.4. The minimum atomic E-state index is -1.46. The van der Waals surface area contributed by atoms with Crippen molar-refractivity contribution < 1.29 is 73.3 Å². The number of ether oxygens (including phenoxy) is 8. The van der Waals surface area contributed by atoms with Gasteiger partial charge in [0.15, 0.2) is 18.9 Å². The number of allylic oxidation sites excluding steroid dienone is 1. The number of hydrogen-bond acceptors (Lipinski definition) is 15. The number of carbonyl (C=O) groups is 1. The smallest absolute Gasteiger partial charge is 0.187 e. The minimum Gasteiger partial charge on any atom is -0.390 e. The zero-order chi connectivity index (χ0) is 40.6. The second-order valence-corrected chi connectivity index (χ2v) is 18.3. The largest absolute Gasteiger partial charge is 0.390 e. The summed E-state index contributed by atoms with van der Waals surface area (Å²) < 4.78 is 49.3. The lowest BCUT2D eigenvalue weighted by atomic mass is 9.44. The van der Waals surface area contributed by atoms with Crippen LogP contribution in [0.2, 0.25) is 0 Å². The molecule has 0 aromatic heterocycles. The third-order valence-electron chi connectivity index (χ3n) is 15.4. The number of aliphatic hydroxyl groups excluding tert-OH is 5. The van der Waals surface area contributed by atoms with E-state index in [2.05, 4.69) is 13.0 Å². The molecule has 3 heterocycles. The Hall–Kier alpha value is -1.15. The van der Waals surface area contributed by atoms with Gasteiger partial charge in [0.05, 0.1) is 54.4 Å².